The highest BCUT2D eigenvalue weighted by Gasteiger charge is 2.06. The van der Waals surface area contributed by atoms with Crippen LogP contribution in [0.25, 0.3) is 0 Å². The van der Waals surface area contributed by atoms with Crippen LogP contribution in [0.3, 0.4) is 0 Å². The Labute approximate surface area is 107 Å². The average Bonchev–Trinajstić information content (AvgIpc) is 2.46. The fourth-order valence-electron chi connectivity index (χ4n) is 1.71. The minimum absolute atomic E-state index is 0.573. The van der Waals surface area contributed by atoms with Crippen molar-refractivity contribution in [3.63, 3.8) is 0 Å². The van der Waals surface area contributed by atoms with E-state index in [1.165, 1.54) is 0 Å². The predicted octanol–water partition coefficient (Wildman–Crippen LogP) is 3.18. The summed E-state index contributed by atoms with van der Waals surface area (Å²) in [5, 5.41) is 9.21. The number of nitrogens with zero attached hydrogens (tertiary/aromatic N) is 2. The molecule has 0 bridgehead atoms. The highest BCUT2D eigenvalue weighted by Crippen LogP contribution is 2.20. The van der Waals surface area contributed by atoms with Crippen LogP contribution in [0.15, 0.2) is 54.6 Å². The topological polar surface area (TPSA) is 36.3 Å². The monoisotopic (exact) mass is 238 g/mol. The second-order valence-electron chi connectivity index (χ2n) is 3.87. The third-order valence-electron chi connectivity index (χ3n) is 2.69. The lowest BCUT2D eigenvalue weighted by Crippen LogP contribution is -2.15. The Hall–Kier alpha value is -2.47. The summed E-state index contributed by atoms with van der Waals surface area (Å²) in [6.45, 7) is 0.573. The molecule has 0 saturated heterocycles. The molecule has 0 aromatic heterocycles. The van der Waals surface area contributed by atoms with Gasteiger partial charge in [0.05, 0.1) is 19.3 Å². The van der Waals surface area contributed by atoms with Crippen LogP contribution in [-0.2, 0) is 6.54 Å². The number of hydrogen-bond acceptors (Lipinski definition) is 3. The Morgan fingerprint density at radius 3 is 2.28 bits per heavy atom. The van der Waals surface area contributed by atoms with Crippen LogP contribution < -0.4 is 9.64 Å². The smallest absolute Gasteiger partial charge is 0.184 e. The molecule has 0 fully saturated rings. The summed E-state index contributed by atoms with van der Waals surface area (Å²) in [7, 11) is 1.63. The van der Waals surface area contributed by atoms with E-state index in [0.717, 1.165) is 17.0 Å². The molecule has 90 valence electrons. The predicted molar refractivity (Wildman–Crippen MR) is 71.2 cm³/mol. The molecule has 0 unspecified atom stereocenters. The van der Waals surface area contributed by atoms with Gasteiger partial charge in [0.1, 0.15) is 5.75 Å². The van der Waals surface area contributed by atoms with E-state index in [0.29, 0.717) is 6.54 Å². The van der Waals surface area contributed by atoms with E-state index in [-0.39, 0.29) is 0 Å². The molecule has 0 aliphatic heterocycles. The van der Waals surface area contributed by atoms with Crippen LogP contribution in [0.5, 0.6) is 5.75 Å². The summed E-state index contributed by atoms with van der Waals surface area (Å²) in [6.07, 6.45) is 2.20. The van der Waals surface area contributed by atoms with Crippen molar-refractivity contribution >= 4 is 5.69 Å². The molecular formula is C15H14N2O. The molecule has 3 nitrogen and oxygen atoms in total. The Morgan fingerprint density at radius 2 is 1.72 bits per heavy atom. The fraction of sp³-hybridized carbons (Fsp3) is 0.133. The minimum atomic E-state index is 0.573. The lowest BCUT2D eigenvalue weighted by Gasteiger charge is -2.16. The maximum atomic E-state index is 9.21. The van der Waals surface area contributed by atoms with E-state index in [1.807, 2.05) is 54.6 Å². The highest BCUT2D eigenvalue weighted by molar-refractivity contribution is 5.52. The van der Waals surface area contributed by atoms with E-state index in [2.05, 4.69) is 6.19 Å². The molecule has 18 heavy (non-hydrogen) atoms. The zero-order chi connectivity index (χ0) is 12.8. The van der Waals surface area contributed by atoms with Crippen molar-refractivity contribution in [3.8, 4) is 11.9 Å². The van der Waals surface area contributed by atoms with Crippen molar-refractivity contribution in [2.45, 2.75) is 6.54 Å². The van der Waals surface area contributed by atoms with Gasteiger partial charge in [-0.2, -0.15) is 5.26 Å². The number of rotatable bonds is 4. The van der Waals surface area contributed by atoms with Crippen LogP contribution in [0, 0.1) is 11.5 Å². The number of benzene rings is 2. The van der Waals surface area contributed by atoms with Gasteiger partial charge in [-0.25, -0.2) is 0 Å². The maximum Gasteiger partial charge on any atom is 0.184 e. The van der Waals surface area contributed by atoms with Gasteiger partial charge in [-0.05, 0) is 29.8 Å². The third-order valence-corrected chi connectivity index (χ3v) is 2.69. The minimum Gasteiger partial charge on any atom is -0.497 e. The fourth-order valence-corrected chi connectivity index (χ4v) is 1.71. The van der Waals surface area contributed by atoms with E-state index >= 15 is 0 Å². The van der Waals surface area contributed by atoms with Crippen LogP contribution >= 0.6 is 0 Å². The first kappa shape index (κ1) is 12.0. The molecule has 0 spiro atoms. The largest absolute Gasteiger partial charge is 0.497 e. The summed E-state index contributed by atoms with van der Waals surface area (Å²) >= 11 is 0. The lowest BCUT2D eigenvalue weighted by molar-refractivity contribution is 0.415. The molecule has 0 N–H and O–H groups in total. The summed E-state index contributed by atoms with van der Waals surface area (Å²) in [5.41, 5.74) is 1.97. The van der Waals surface area contributed by atoms with Gasteiger partial charge in [-0.1, -0.05) is 30.3 Å². The molecule has 0 aliphatic carbocycles. The molecule has 0 atom stereocenters. The number of nitriles is 1. The van der Waals surface area contributed by atoms with Crippen LogP contribution in [0.1, 0.15) is 5.56 Å². The lowest BCUT2D eigenvalue weighted by atomic mass is 10.2. The van der Waals surface area contributed by atoms with Gasteiger partial charge in [0, 0.05) is 0 Å². The second kappa shape index (κ2) is 5.74. The van der Waals surface area contributed by atoms with E-state index in [9.17, 15) is 5.26 Å². The van der Waals surface area contributed by atoms with Gasteiger partial charge in [0.2, 0.25) is 0 Å². The van der Waals surface area contributed by atoms with Crippen LogP contribution in [0.2, 0.25) is 0 Å². The SMILES string of the molecule is COc1ccc(N(C#N)Cc2ccccc2)cc1. The molecular weight excluding hydrogens is 224 g/mol. The van der Waals surface area contributed by atoms with Crippen molar-refractivity contribution < 1.29 is 4.74 Å². The molecule has 2 aromatic carbocycles. The quantitative estimate of drug-likeness (QED) is 0.606. The second-order valence-corrected chi connectivity index (χ2v) is 3.87. The summed E-state index contributed by atoms with van der Waals surface area (Å²) in [5.74, 6) is 0.788. The van der Waals surface area contributed by atoms with E-state index < -0.39 is 0 Å². The summed E-state index contributed by atoms with van der Waals surface area (Å²) in [6, 6.07) is 17.4. The Balaban J connectivity index is 2.16. The molecule has 0 saturated carbocycles. The van der Waals surface area contributed by atoms with Gasteiger partial charge in [0.15, 0.2) is 6.19 Å². The standard InChI is InChI=1S/C15H14N2O/c1-18-15-9-7-14(8-10-15)17(12-16)11-13-5-3-2-4-6-13/h2-10H,11H2,1H3. The first-order valence-corrected chi connectivity index (χ1v) is 5.69. The molecule has 0 amide bonds. The average molecular weight is 238 g/mol. The van der Waals surface area contributed by atoms with Gasteiger partial charge < -0.3 is 4.74 Å². The van der Waals surface area contributed by atoms with Gasteiger partial charge in [0.25, 0.3) is 0 Å². The van der Waals surface area contributed by atoms with Crippen molar-refractivity contribution in [2.24, 2.45) is 0 Å². The normalized spacial score (nSPS) is 9.56. The molecule has 0 heterocycles. The van der Waals surface area contributed by atoms with E-state index in [1.54, 1.807) is 12.0 Å². The zero-order valence-corrected chi connectivity index (χ0v) is 10.2. The first-order valence-electron chi connectivity index (χ1n) is 5.69. The van der Waals surface area contributed by atoms with Gasteiger partial charge in [-0.3, -0.25) is 4.90 Å². The molecule has 0 aliphatic rings. The molecule has 2 aromatic rings. The first-order chi connectivity index (χ1) is 8.83. The summed E-state index contributed by atoms with van der Waals surface area (Å²) < 4.78 is 5.10. The van der Waals surface area contributed by atoms with Crippen molar-refractivity contribution in [2.75, 3.05) is 12.0 Å². The number of anilines is 1. The Morgan fingerprint density at radius 1 is 1.06 bits per heavy atom. The number of hydrogen-bond donors (Lipinski definition) is 0. The number of ether oxygens (including phenoxy) is 1. The van der Waals surface area contributed by atoms with Crippen molar-refractivity contribution in [1.82, 2.24) is 0 Å². The van der Waals surface area contributed by atoms with Gasteiger partial charge in [-0.15, -0.1) is 0 Å². The number of methoxy groups -OCH3 is 1. The zero-order valence-electron chi connectivity index (χ0n) is 10.2. The summed E-state index contributed by atoms with van der Waals surface area (Å²) in [4.78, 5) is 1.65. The van der Waals surface area contributed by atoms with Gasteiger partial charge >= 0.3 is 0 Å². The highest BCUT2D eigenvalue weighted by atomic mass is 16.5. The molecule has 3 heteroatoms. The Kier molecular flexibility index (Phi) is 3.83. The third kappa shape index (κ3) is 2.80. The van der Waals surface area contributed by atoms with Crippen molar-refractivity contribution in [1.29, 1.82) is 5.26 Å². The van der Waals surface area contributed by atoms with E-state index in [4.69, 9.17) is 4.74 Å². The molecule has 0 radical (unpaired) electrons. The molecule has 2 rings (SSSR count). The Bertz CT molecular complexity index is 529. The maximum absolute atomic E-state index is 9.21. The van der Waals surface area contributed by atoms with Crippen LogP contribution in [-0.4, -0.2) is 7.11 Å². The van der Waals surface area contributed by atoms with Crippen LogP contribution in [0.4, 0.5) is 5.69 Å². The van der Waals surface area contributed by atoms with Crippen molar-refractivity contribution in [3.05, 3.63) is 60.2 Å².